The summed E-state index contributed by atoms with van der Waals surface area (Å²) in [6.45, 7) is 0. The lowest BCUT2D eigenvalue weighted by atomic mass is 9.94. The van der Waals surface area contributed by atoms with Gasteiger partial charge in [0.15, 0.2) is 0 Å². The zero-order chi connectivity index (χ0) is 25.5. The van der Waals surface area contributed by atoms with Crippen LogP contribution in [-0.4, -0.2) is 4.57 Å². The minimum atomic E-state index is 1.18. The van der Waals surface area contributed by atoms with Crippen molar-refractivity contribution in [2.45, 2.75) is 0 Å². The molecule has 0 fully saturated rings. The van der Waals surface area contributed by atoms with Crippen LogP contribution >= 0.6 is 0 Å². The molecule has 1 aromatic heterocycles. The summed E-state index contributed by atoms with van der Waals surface area (Å²) in [6, 6.07) is 51.3. The van der Waals surface area contributed by atoms with Crippen LogP contribution in [0.1, 0.15) is 0 Å². The molecule has 180 valence electrons. The van der Waals surface area contributed by atoms with Gasteiger partial charge in [-0.2, -0.15) is 0 Å². The molecule has 8 aromatic rings. The summed E-state index contributed by atoms with van der Waals surface area (Å²) < 4.78 is 2.41. The predicted molar refractivity (Wildman–Crippen MR) is 166 cm³/mol. The molecule has 9 rings (SSSR count). The average molecular weight is 494 g/mol. The van der Waals surface area contributed by atoms with Crippen molar-refractivity contribution in [1.82, 2.24) is 4.57 Å². The van der Waals surface area contributed by atoms with Crippen molar-refractivity contribution in [3.05, 3.63) is 140 Å². The van der Waals surface area contributed by atoms with Crippen LogP contribution in [0.2, 0.25) is 0 Å². The van der Waals surface area contributed by atoms with Gasteiger partial charge in [-0.15, -0.1) is 0 Å². The molecular formula is C38H23N. The highest BCUT2D eigenvalue weighted by atomic mass is 15.0. The fourth-order valence-electron chi connectivity index (χ4n) is 6.78. The first kappa shape index (κ1) is 20.9. The molecule has 1 aliphatic rings. The third-order valence-electron chi connectivity index (χ3n) is 8.52. The normalized spacial score (nSPS) is 12.1. The standard InChI is InChI=1S/C38H23N/c1-2-9-26-23-37-35(22-25(26)8-1)31-12-5-6-15-36(31)39(37)27-18-16-24(17-19-27)28-20-21-34-30-11-4-3-10-29(30)33-14-7-13-32(28)38(33)34/h1-23H. The van der Waals surface area contributed by atoms with E-state index in [4.69, 9.17) is 0 Å². The molecule has 0 amide bonds. The molecule has 0 aliphatic heterocycles. The number of para-hydroxylation sites is 1. The second kappa shape index (κ2) is 7.69. The summed E-state index contributed by atoms with van der Waals surface area (Å²) in [4.78, 5) is 0. The SMILES string of the molecule is c1ccc2c(c1)-c1cccc3c(-c4ccc(-n5c6ccccc6c6cc7ccccc7cc65)cc4)ccc-2c13. The molecular weight excluding hydrogens is 470 g/mol. The third-order valence-corrected chi connectivity index (χ3v) is 8.52. The maximum absolute atomic E-state index is 2.41. The lowest BCUT2D eigenvalue weighted by Crippen LogP contribution is -1.94. The number of benzene rings is 7. The van der Waals surface area contributed by atoms with E-state index in [2.05, 4.69) is 144 Å². The Bertz CT molecular complexity index is 2240. The molecule has 0 N–H and O–H groups in total. The number of nitrogens with zero attached hydrogens (tertiary/aromatic N) is 1. The molecule has 0 saturated heterocycles. The Labute approximate surface area is 226 Å². The lowest BCUT2D eigenvalue weighted by molar-refractivity contribution is 1.18. The van der Waals surface area contributed by atoms with E-state index in [0.717, 1.165) is 0 Å². The zero-order valence-electron chi connectivity index (χ0n) is 21.2. The van der Waals surface area contributed by atoms with E-state index in [-0.39, 0.29) is 0 Å². The summed E-state index contributed by atoms with van der Waals surface area (Å²) in [7, 11) is 0. The molecule has 1 aliphatic carbocycles. The molecule has 39 heavy (non-hydrogen) atoms. The Morgan fingerprint density at radius 1 is 0.359 bits per heavy atom. The summed E-state index contributed by atoms with van der Waals surface area (Å²) >= 11 is 0. The summed E-state index contributed by atoms with van der Waals surface area (Å²) in [5, 5.41) is 7.80. The fraction of sp³-hybridized carbons (Fsp3) is 0. The number of hydrogen-bond acceptors (Lipinski definition) is 0. The Morgan fingerprint density at radius 3 is 1.79 bits per heavy atom. The summed E-state index contributed by atoms with van der Waals surface area (Å²) in [6.07, 6.45) is 0. The van der Waals surface area contributed by atoms with E-state index in [1.54, 1.807) is 0 Å². The topological polar surface area (TPSA) is 4.93 Å². The quantitative estimate of drug-likeness (QED) is 0.226. The third kappa shape index (κ3) is 2.85. The predicted octanol–water partition coefficient (Wildman–Crippen LogP) is 10.4. The van der Waals surface area contributed by atoms with Crippen LogP contribution in [0.25, 0.3) is 82.4 Å². The highest BCUT2D eigenvalue weighted by molar-refractivity contribution is 6.18. The van der Waals surface area contributed by atoms with Crippen LogP contribution in [-0.2, 0) is 0 Å². The van der Waals surface area contributed by atoms with Gasteiger partial charge in [-0.05, 0) is 85.3 Å². The molecule has 0 atom stereocenters. The van der Waals surface area contributed by atoms with Gasteiger partial charge in [0.1, 0.15) is 0 Å². The van der Waals surface area contributed by atoms with Crippen LogP contribution in [0.5, 0.6) is 0 Å². The molecule has 0 unspecified atom stereocenters. The molecule has 1 nitrogen and oxygen atoms in total. The Balaban J connectivity index is 1.24. The first-order valence-corrected chi connectivity index (χ1v) is 13.5. The van der Waals surface area contributed by atoms with Gasteiger partial charge in [0.05, 0.1) is 11.0 Å². The molecule has 1 heteroatoms. The fourth-order valence-corrected chi connectivity index (χ4v) is 6.78. The first-order valence-electron chi connectivity index (χ1n) is 13.5. The molecule has 7 aromatic carbocycles. The zero-order valence-corrected chi connectivity index (χ0v) is 21.2. The highest BCUT2D eigenvalue weighted by Crippen LogP contribution is 2.49. The maximum Gasteiger partial charge on any atom is 0.0547 e. The van der Waals surface area contributed by atoms with Gasteiger partial charge in [-0.3, -0.25) is 0 Å². The molecule has 0 bridgehead atoms. The Kier molecular flexibility index (Phi) is 4.11. The molecule has 0 spiro atoms. The molecule has 0 radical (unpaired) electrons. The summed E-state index contributed by atoms with van der Waals surface area (Å²) in [5.74, 6) is 0. The average Bonchev–Trinajstić information content (AvgIpc) is 3.50. The lowest BCUT2D eigenvalue weighted by Gasteiger charge is -2.12. The van der Waals surface area contributed by atoms with Crippen LogP contribution in [0, 0.1) is 0 Å². The van der Waals surface area contributed by atoms with Gasteiger partial charge in [0.2, 0.25) is 0 Å². The molecule has 0 saturated carbocycles. The molecule has 1 heterocycles. The van der Waals surface area contributed by atoms with Gasteiger partial charge in [0, 0.05) is 16.5 Å². The van der Waals surface area contributed by atoms with Crippen LogP contribution in [0.15, 0.2) is 140 Å². The number of fused-ring (bicyclic) bond motifs is 7. The van der Waals surface area contributed by atoms with Crippen molar-refractivity contribution in [2.75, 3.05) is 0 Å². The van der Waals surface area contributed by atoms with Crippen molar-refractivity contribution < 1.29 is 0 Å². The van der Waals surface area contributed by atoms with Crippen molar-refractivity contribution in [2.24, 2.45) is 0 Å². The van der Waals surface area contributed by atoms with Gasteiger partial charge in [-0.25, -0.2) is 0 Å². The van der Waals surface area contributed by atoms with Gasteiger partial charge >= 0.3 is 0 Å². The Morgan fingerprint density at radius 2 is 0.974 bits per heavy atom. The van der Waals surface area contributed by atoms with E-state index in [0.29, 0.717) is 0 Å². The van der Waals surface area contributed by atoms with Crippen molar-refractivity contribution in [3.8, 4) is 39.1 Å². The van der Waals surface area contributed by atoms with E-state index < -0.39 is 0 Å². The second-order valence-corrected chi connectivity index (χ2v) is 10.6. The highest BCUT2D eigenvalue weighted by Gasteiger charge is 2.22. The van der Waals surface area contributed by atoms with Gasteiger partial charge in [-0.1, -0.05) is 109 Å². The van der Waals surface area contributed by atoms with Gasteiger partial charge < -0.3 is 4.57 Å². The van der Waals surface area contributed by atoms with E-state index in [9.17, 15) is 0 Å². The van der Waals surface area contributed by atoms with Crippen molar-refractivity contribution in [1.29, 1.82) is 0 Å². The largest absolute Gasteiger partial charge is 0.309 e. The van der Waals surface area contributed by atoms with E-state index >= 15 is 0 Å². The first-order chi connectivity index (χ1) is 19.3. The van der Waals surface area contributed by atoms with Crippen molar-refractivity contribution >= 4 is 43.4 Å². The summed E-state index contributed by atoms with van der Waals surface area (Å²) in [5.41, 5.74) is 11.5. The number of hydrogen-bond donors (Lipinski definition) is 0. The van der Waals surface area contributed by atoms with Crippen LogP contribution < -0.4 is 0 Å². The smallest absolute Gasteiger partial charge is 0.0547 e. The number of rotatable bonds is 2. The van der Waals surface area contributed by atoms with E-state index in [1.165, 1.54) is 82.4 Å². The minimum Gasteiger partial charge on any atom is -0.309 e. The van der Waals surface area contributed by atoms with Crippen LogP contribution in [0.3, 0.4) is 0 Å². The van der Waals surface area contributed by atoms with Gasteiger partial charge in [0.25, 0.3) is 0 Å². The van der Waals surface area contributed by atoms with Crippen LogP contribution in [0.4, 0.5) is 0 Å². The number of aromatic nitrogens is 1. The minimum absolute atomic E-state index is 1.18. The van der Waals surface area contributed by atoms with Crippen molar-refractivity contribution in [3.63, 3.8) is 0 Å². The maximum atomic E-state index is 2.41. The van der Waals surface area contributed by atoms with E-state index in [1.807, 2.05) is 0 Å². The Hall–Kier alpha value is -5.14. The second-order valence-electron chi connectivity index (χ2n) is 10.6. The monoisotopic (exact) mass is 493 g/mol.